The molecular weight excluding hydrogens is 289 g/mol. The second kappa shape index (κ2) is 6.48. The number of hydrogen-bond donors (Lipinski definition) is 1. The van der Waals surface area contributed by atoms with E-state index < -0.39 is 24.7 Å². The van der Waals surface area contributed by atoms with Crippen LogP contribution in [0.25, 0.3) is 0 Å². The molecule has 1 aliphatic rings. The Labute approximate surface area is 119 Å². The number of halogens is 3. The first kappa shape index (κ1) is 15.8. The molecule has 0 aromatic carbocycles. The van der Waals surface area contributed by atoms with Crippen LogP contribution in [-0.2, 0) is 16.1 Å². The van der Waals surface area contributed by atoms with E-state index in [0.29, 0.717) is 23.5 Å². The number of nitrogens with zero attached hydrogens (tertiary/aromatic N) is 1. The molecule has 0 saturated carbocycles. The number of nitrogens with two attached hydrogens (primary N) is 1. The Bertz CT molecular complexity index is 462. The van der Waals surface area contributed by atoms with Gasteiger partial charge in [-0.3, -0.25) is 4.79 Å². The summed E-state index contributed by atoms with van der Waals surface area (Å²) in [6, 6.07) is 3.08. The molecule has 21 heavy (non-hydrogen) atoms. The molecule has 1 amide bonds. The molecule has 2 rings (SSSR count). The third kappa shape index (κ3) is 4.47. The lowest BCUT2D eigenvalue weighted by Gasteiger charge is -2.25. The van der Waals surface area contributed by atoms with Crippen LogP contribution in [-0.4, -0.2) is 42.3 Å². The monoisotopic (exact) mass is 306 g/mol. The van der Waals surface area contributed by atoms with E-state index in [1.165, 1.54) is 12.3 Å². The van der Waals surface area contributed by atoms with Crippen LogP contribution in [0.5, 0.6) is 0 Å². The fraction of sp³-hybridized carbons (Fsp3) is 0.615. The zero-order chi connectivity index (χ0) is 15.5. The van der Waals surface area contributed by atoms with E-state index in [1.54, 1.807) is 6.07 Å². The van der Waals surface area contributed by atoms with Crippen molar-refractivity contribution in [2.45, 2.75) is 37.8 Å². The molecule has 1 aromatic rings. The number of amides is 1. The summed E-state index contributed by atoms with van der Waals surface area (Å²) < 4.78 is 48.3. The highest BCUT2D eigenvalue weighted by molar-refractivity contribution is 5.81. The molecule has 0 spiro atoms. The molecule has 1 fully saturated rings. The van der Waals surface area contributed by atoms with Gasteiger partial charge in [0.05, 0.1) is 18.9 Å². The van der Waals surface area contributed by atoms with Gasteiger partial charge in [0, 0.05) is 6.54 Å². The highest BCUT2D eigenvalue weighted by atomic mass is 19.4. The summed E-state index contributed by atoms with van der Waals surface area (Å²) in [5, 5.41) is 0. The topological polar surface area (TPSA) is 68.7 Å². The summed E-state index contributed by atoms with van der Waals surface area (Å²) in [7, 11) is 0. The molecule has 8 heteroatoms. The quantitative estimate of drug-likeness (QED) is 0.898. The Morgan fingerprint density at radius 2 is 2.19 bits per heavy atom. The van der Waals surface area contributed by atoms with Gasteiger partial charge < -0.3 is 19.8 Å². The Balaban J connectivity index is 2.05. The normalized spacial score (nSPS) is 22.5. The van der Waals surface area contributed by atoms with E-state index in [0.717, 1.165) is 0 Å². The fourth-order valence-electron chi connectivity index (χ4n) is 2.28. The molecule has 2 atom stereocenters. The van der Waals surface area contributed by atoms with Crippen LogP contribution in [0, 0.1) is 0 Å². The van der Waals surface area contributed by atoms with Crippen LogP contribution in [0.2, 0.25) is 0 Å². The van der Waals surface area contributed by atoms with Gasteiger partial charge in [0.25, 0.3) is 5.91 Å². The van der Waals surface area contributed by atoms with Gasteiger partial charge in [0.2, 0.25) is 0 Å². The largest absolute Gasteiger partial charge is 0.467 e. The maximum absolute atomic E-state index is 12.6. The molecular formula is C13H17F3N2O3. The molecule has 2 N–H and O–H groups in total. The Morgan fingerprint density at radius 3 is 2.71 bits per heavy atom. The third-order valence-electron chi connectivity index (χ3n) is 3.25. The lowest BCUT2D eigenvalue weighted by molar-refractivity contribution is -0.169. The molecule has 5 nitrogen and oxygen atoms in total. The van der Waals surface area contributed by atoms with Gasteiger partial charge in [-0.05, 0) is 25.0 Å². The van der Waals surface area contributed by atoms with Crippen LogP contribution < -0.4 is 5.73 Å². The minimum Gasteiger partial charge on any atom is -0.467 e. The van der Waals surface area contributed by atoms with Gasteiger partial charge in [0.15, 0.2) is 0 Å². The van der Waals surface area contributed by atoms with Gasteiger partial charge in [0.1, 0.15) is 18.4 Å². The van der Waals surface area contributed by atoms with Gasteiger partial charge in [-0.15, -0.1) is 0 Å². The predicted molar refractivity (Wildman–Crippen MR) is 67.1 cm³/mol. The maximum atomic E-state index is 12.6. The Kier molecular flexibility index (Phi) is 4.89. The number of ether oxygens (including phenoxy) is 1. The van der Waals surface area contributed by atoms with E-state index in [9.17, 15) is 18.0 Å². The molecule has 0 radical (unpaired) electrons. The van der Waals surface area contributed by atoms with Crippen molar-refractivity contribution in [2.75, 3.05) is 13.1 Å². The van der Waals surface area contributed by atoms with Crippen LogP contribution in [0.3, 0.4) is 0 Å². The summed E-state index contributed by atoms with van der Waals surface area (Å²) in [6.45, 7) is -1.32. The number of furan rings is 1. The molecule has 1 saturated heterocycles. The molecule has 1 aliphatic heterocycles. The Morgan fingerprint density at radius 1 is 1.43 bits per heavy atom. The van der Waals surface area contributed by atoms with Crippen molar-refractivity contribution in [2.24, 2.45) is 5.73 Å². The average molecular weight is 306 g/mol. The van der Waals surface area contributed by atoms with Crippen LogP contribution >= 0.6 is 0 Å². The second-order valence-electron chi connectivity index (χ2n) is 4.95. The lowest BCUT2D eigenvalue weighted by atomic mass is 10.1. The van der Waals surface area contributed by atoms with Crippen molar-refractivity contribution >= 4 is 5.91 Å². The van der Waals surface area contributed by atoms with E-state index in [1.807, 2.05) is 0 Å². The van der Waals surface area contributed by atoms with Crippen LogP contribution in [0.1, 0.15) is 18.6 Å². The SMILES string of the molecule is NCC1CCC(C(=O)N(Cc2ccco2)CC(F)(F)F)O1. The molecule has 1 aromatic heterocycles. The first-order valence-corrected chi connectivity index (χ1v) is 6.62. The third-order valence-corrected chi connectivity index (χ3v) is 3.25. The van der Waals surface area contributed by atoms with E-state index in [-0.39, 0.29) is 19.2 Å². The first-order chi connectivity index (χ1) is 9.89. The van der Waals surface area contributed by atoms with Gasteiger partial charge in [-0.25, -0.2) is 0 Å². The van der Waals surface area contributed by atoms with Crippen LogP contribution in [0.4, 0.5) is 13.2 Å². The minimum atomic E-state index is -4.48. The van der Waals surface area contributed by atoms with Crippen molar-refractivity contribution in [1.29, 1.82) is 0 Å². The minimum absolute atomic E-state index is 0.238. The lowest BCUT2D eigenvalue weighted by Crippen LogP contribution is -2.44. The van der Waals surface area contributed by atoms with Crippen molar-refractivity contribution in [3.8, 4) is 0 Å². The Hall–Kier alpha value is -1.54. The van der Waals surface area contributed by atoms with Gasteiger partial charge in [-0.2, -0.15) is 13.2 Å². The summed E-state index contributed by atoms with van der Waals surface area (Å²) in [6.07, 6.45) is -3.30. The number of rotatable bonds is 5. The van der Waals surface area contributed by atoms with Crippen molar-refractivity contribution in [3.63, 3.8) is 0 Å². The highest BCUT2D eigenvalue weighted by Gasteiger charge is 2.38. The van der Waals surface area contributed by atoms with Crippen molar-refractivity contribution in [1.82, 2.24) is 4.90 Å². The summed E-state index contributed by atoms with van der Waals surface area (Å²) in [5.41, 5.74) is 5.44. The van der Waals surface area contributed by atoms with Crippen LogP contribution in [0.15, 0.2) is 22.8 Å². The first-order valence-electron chi connectivity index (χ1n) is 6.62. The van der Waals surface area contributed by atoms with E-state index in [4.69, 9.17) is 14.9 Å². The van der Waals surface area contributed by atoms with Gasteiger partial charge in [-0.1, -0.05) is 0 Å². The van der Waals surface area contributed by atoms with E-state index >= 15 is 0 Å². The molecule has 0 bridgehead atoms. The second-order valence-corrected chi connectivity index (χ2v) is 4.95. The van der Waals surface area contributed by atoms with Crippen molar-refractivity contribution in [3.05, 3.63) is 24.2 Å². The number of alkyl halides is 3. The number of carbonyl (C=O) groups is 1. The molecule has 0 aliphatic carbocycles. The average Bonchev–Trinajstić information content (AvgIpc) is 3.06. The zero-order valence-electron chi connectivity index (χ0n) is 11.3. The summed E-state index contributed by atoms with van der Waals surface area (Å²) in [4.78, 5) is 12.9. The number of hydrogen-bond acceptors (Lipinski definition) is 4. The fourth-order valence-corrected chi connectivity index (χ4v) is 2.28. The smallest absolute Gasteiger partial charge is 0.406 e. The summed E-state index contributed by atoms with van der Waals surface area (Å²) in [5.74, 6) is -0.388. The highest BCUT2D eigenvalue weighted by Crippen LogP contribution is 2.24. The number of carbonyl (C=O) groups excluding carboxylic acids is 1. The molecule has 2 heterocycles. The summed E-state index contributed by atoms with van der Waals surface area (Å²) >= 11 is 0. The predicted octanol–water partition coefficient (Wildman–Crippen LogP) is 1.68. The van der Waals surface area contributed by atoms with E-state index in [2.05, 4.69) is 0 Å². The zero-order valence-corrected chi connectivity index (χ0v) is 11.3. The maximum Gasteiger partial charge on any atom is 0.406 e. The van der Waals surface area contributed by atoms with Crippen molar-refractivity contribution < 1.29 is 27.1 Å². The molecule has 2 unspecified atom stereocenters. The standard InChI is InChI=1S/C13H17F3N2O3/c14-13(15,16)8-18(7-10-2-1-5-20-10)12(19)11-4-3-9(6-17)21-11/h1-2,5,9,11H,3-4,6-8,17H2. The molecule has 118 valence electrons. The van der Waals surface area contributed by atoms with Gasteiger partial charge >= 0.3 is 6.18 Å².